The van der Waals surface area contributed by atoms with Gasteiger partial charge in [-0.25, -0.2) is 18.4 Å². The zero-order chi connectivity index (χ0) is 14.2. The van der Waals surface area contributed by atoms with Gasteiger partial charge >= 0.3 is 0 Å². The molecule has 3 heterocycles. The number of halogens is 1. The third-order valence-electron chi connectivity index (χ3n) is 3.34. The summed E-state index contributed by atoms with van der Waals surface area (Å²) in [6.45, 7) is 1.83. The molecular weight excluding hydrogens is 318 g/mol. The first-order valence-electron chi connectivity index (χ1n) is 6.36. The van der Waals surface area contributed by atoms with Crippen molar-refractivity contribution < 1.29 is 8.42 Å². The lowest BCUT2D eigenvalue weighted by molar-refractivity contribution is 0.280. The van der Waals surface area contributed by atoms with Crippen LogP contribution in [0, 0.1) is 0 Å². The summed E-state index contributed by atoms with van der Waals surface area (Å²) in [5, 5.41) is 3.28. The number of nitrogens with zero attached hydrogens (tertiary/aromatic N) is 3. The summed E-state index contributed by atoms with van der Waals surface area (Å²) in [6.07, 6.45) is 0.664. The van der Waals surface area contributed by atoms with Gasteiger partial charge in [-0.3, -0.25) is 4.90 Å². The van der Waals surface area contributed by atoms with Crippen molar-refractivity contribution in [3.05, 3.63) is 22.4 Å². The monoisotopic (exact) mass is 331 g/mol. The van der Waals surface area contributed by atoms with Gasteiger partial charge in [0.1, 0.15) is 15.8 Å². The summed E-state index contributed by atoms with van der Waals surface area (Å²) in [5.41, 5.74) is 0. The molecular formula is C12H14ClN3O2S2. The SMILES string of the molecule is O=S1(=O)CCCN(Cc2nc(Cl)c3ccsc3n2)CC1. The van der Waals surface area contributed by atoms with E-state index in [4.69, 9.17) is 11.6 Å². The van der Waals surface area contributed by atoms with Gasteiger partial charge < -0.3 is 0 Å². The van der Waals surface area contributed by atoms with Crippen molar-refractivity contribution in [1.29, 1.82) is 0 Å². The van der Waals surface area contributed by atoms with E-state index in [2.05, 4.69) is 14.9 Å². The van der Waals surface area contributed by atoms with Gasteiger partial charge in [0.15, 0.2) is 9.84 Å². The second-order valence-corrected chi connectivity index (χ2v) is 8.41. The van der Waals surface area contributed by atoms with E-state index in [1.54, 1.807) is 0 Å². The highest BCUT2D eigenvalue weighted by Gasteiger charge is 2.20. The van der Waals surface area contributed by atoms with Crippen LogP contribution >= 0.6 is 22.9 Å². The largest absolute Gasteiger partial charge is 0.295 e. The van der Waals surface area contributed by atoms with Crippen molar-refractivity contribution in [3.8, 4) is 0 Å². The Kier molecular flexibility index (Phi) is 3.94. The molecule has 0 saturated carbocycles. The molecule has 5 nitrogen and oxygen atoms in total. The molecule has 1 aliphatic heterocycles. The van der Waals surface area contributed by atoms with E-state index < -0.39 is 9.84 Å². The predicted molar refractivity (Wildman–Crippen MR) is 81.0 cm³/mol. The Bertz CT molecular complexity index is 729. The van der Waals surface area contributed by atoms with Gasteiger partial charge in [-0.15, -0.1) is 11.3 Å². The van der Waals surface area contributed by atoms with E-state index in [1.807, 2.05) is 11.4 Å². The van der Waals surface area contributed by atoms with Gasteiger partial charge in [-0.2, -0.15) is 0 Å². The molecule has 0 radical (unpaired) electrons. The third-order valence-corrected chi connectivity index (χ3v) is 6.15. The van der Waals surface area contributed by atoms with Crippen molar-refractivity contribution in [2.45, 2.75) is 13.0 Å². The number of sulfone groups is 1. The molecule has 0 aromatic carbocycles. The standard InChI is InChI=1S/C12H14ClN3O2S2/c13-11-9-2-5-19-12(9)15-10(14-11)8-16-3-1-6-20(17,18)7-4-16/h2,5H,1,3-4,6-8H2. The van der Waals surface area contributed by atoms with Crippen LogP contribution in [0.25, 0.3) is 10.2 Å². The second kappa shape index (κ2) is 5.55. The van der Waals surface area contributed by atoms with E-state index >= 15 is 0 Å². The Hall–Kier alpha value is -0.760. The van der Waals surface area contributed by atoms with Crippen LogP contribution in [-0.4, -0.2) is 47.9 Å². The van der Waals surface area contributed by atoms with Crippen molar-refractivity contribution in [1.82, 2.24) is 14.9 Å². The molecule has 3 rings (SSSR count). The first-order chi connectivity index (χ1) is 9.53. The molecule has 1 aliphatic rings. The highest BCUT2D eigenvalue weighted by Crippen LogP contribution is 2.25. The molecule has 2 aromatic heterocycles. The lowest BCUT2D eigenvalue weighted by Crippen LogP contribution is -2.27. The van der Waals surface area contributed by atoms with Crippen LogP contribution in [0.5, 0.6) is 0 Å². The first kappa shape index (κ1) is 14.2. The van der Waals surface area contributed by atoms with E-state index in [0.29, 0.717) is 30.5 Å². The molecule has 0 spiro atoms. The van der Waals surface area contributed by atoms with Gasteiger partial charge in [0.25, 0.3) is 0 Å². The number of fused-ring (bicyclic) bond motifs is 1. The van der Waals surface area contributed by atoms with Crippen LogP contribution < -0.4 is 0 Å². The van der Waals surface area contributed by atoms with Crippen molar-refractivity contribution >= 4 is 43.0 Å². The zero-order valence-corrected chi connectivity index (χ0v) is 13.1. The third kappa shape index (κ3) is 3.11. The molecule has 0 bridgehead atoms. The highest BCUT2D eigenvalue weighted by atomic mass is 35.5. The van der Waals surface area contributed by atoms with Gasteiger partial charge in [0, 0.05) is 11.9 Å². The molecule has 0 amide bonds. The van der Waals surface area contributed by atoms with E-state index in [-0.39, 0.29) is 11.5 Å². The number of hydrogen-bond acceptors (Lipinski definition) is 6. The summed E-state index contributed by atoms with van der Waals surface area (Å²) in [5.74, 6) is 1.14. The molecule has 0 atom stereocenters. The quantitative estimate of drug-likeness (QED) is 0.787. The van der Waals surface area contributed by atoms with Crippen LogP contribution in [-0.2, 0) is 16.4 Å². The lowest BCUT2D eigenvalue weighted by atomic mass is 10.3. The van der Waals surface area contributed by atoms with Gasteiger partial charge in [-0.05, 0) is 24.4 Å². The normalized spacial score (nSPS) is 20.1. The van der Waals surface area contributed by atoms with Crippen LogP contribution in [0.15, 0.2) is 11.4 Å². The maximum absolute atomic E-state index is 11.6. The average Bonchev–Trinajstić information content (AvgIpc) is 2.78. The summed E-state index contributed by atoms with van der Waals surface area (Å²) >= 11 is 7.67. The smallest absolute Gasteiger partial charge is 0.151 e. The Morgan fingerprint density at radius 2 is 2.15 bits per heavy atom. The second-order valence-electron chi connectivity index (χ2n) is 4.85. The molecule has 0 unspecified atom stereocenters. The fourth-order valence-corrected chi connectivity index (χ4v) is 4.68. The number of thiophene rings is 1. The Morgan fingerprint density at radius 3 is 3.00 bits per heavy atom. The number of aromatic nitrogens is 2. The van der Waals surface area contributed by atoms with E-state index in [0.717, 1.165) is 16.8 Å². The molecule has 0 N–H and O–H groups in total. The molecule has 8 heteroatoms. The molecule has 20 heavy (non-hydrogen) atoms. The van der Waals surface area contributed by atoms with E-state index in [9.17, 15) is 8.42 Å². The fourth-order valence-electron chi connectivity index (χ4n) is 2.28. The maximum atomic E-state index is 11.6. The fraction of sp³-hybridized carbons (Fsp3) is 0.500. The maximum Gasteiger partial charge on any atom is 0.151 e. The first-order valence-corrected chi connectivity index (χ1v) is 9.44. The molecule has 108 valence electrons. The van der Waals surface area contributed by atoms with Gasteiger partial charge in [0.2, 0.25) is 0 Å². The summed E-state index contributed by atoms with van der Waals surface area (Å²) in [4.78, 5) is 11.7. The molecule has 1 saturated heterocycles. The molecule has 0 aliphatic carbocycles. The van der Waals surface area contributed by atoms with Crippen molar-refractivity contribution in [3.63, 3.8) is 0 Å². The minimum Gasteiger partial charge on any atom is -0.295 e. The van der Waals surface area contributed by atoms with Gasteiger partial charge in [0.05, 0.1) is 18.1 Å². The Balaban J connectivity index is 1.79. The highest BCUT2D eigenvalue weighted by molar-refractivity contribution is 7.91. The lowest BCUT2D eigenvalue weighted by Gasteiger charge is -2.17. The zero-order valence-electron chi connectivity index (χ0n) is 10.7. The summed E-state index contributed by atoms with van der Waals surface area (Å²) in [6, 6.07) is 1.91. The van der Waals surface area contributed by atoms with Crippen molar-refractivity contribution in [2.24, 2.45) is 0 Å². The van der Waals surface area contributed by atoms with Gasteiger partial charge in [-0.1, -0.05) is 11.6 Å². The molecule has 2 aromatic rings. The molecule has 1 fully saturated rings. The van der Waals surface area contributed by atoms with E-state index in [1.165, 1.54) is 11.3 Å². The minimum absolute atomic E-state index is 0.210. The summed E-state index contributed by atoms with van der Waals surface area (Å²) < 4.78 is 23.2. The topological polar surface area (TPSA) is 63.2 Å². The average molecular weight is 332 g/mol. The Morgan fingerprint density at radius 1 is 1.30 bits per heavy atom. The number of rotatable bonds is 2. The van der Waals surface area contributed by atoms with Crippen LogP contribution in [0.3, 0.4) is 0 Å². The minimum atomic E-state index is -2.88. The predicted octanol–water partition coefficient (Wildman–Crippen LogP) is 1.97. The Labute approximate surface area is 126 Å². The number of hydrogen-bond donors (Lipinski definition) is 0. The van der Waals surface area contributed by atoms with Crippen LogP contribution in [0.1, 0.15) is 12.2 Å². The van der Waals surface area contributed by atoms with Crippen LogP contribution in [0.2, 0.25) is 5.15 Å². The summed E-state index contributed by atoms with van der Waals surface area (Å²) in [7, 11) is -2.88. The van der Waals surface area contributed by atoms with Crippen LogP contribution in [0.4, 0.5) is 0 Å². The van der Waals surface area contributed by atoms with Crippen molar-refractivity contribution in [2.75, 3.05) is 24.6 Å².